The molecule has 0 aliphatic carbocycles. The van der Waals surface area contributed by atoms with Crippen LogP contribution in [0.2, 0.25) is 0 Å². The van der Waals surface area contributed by atoms with Crippen molar-refractivity contribution in [2.24, 2.45) is 0 Å². The third-order valence-corrected chi connectivity index (χ3v) is 4.38. The molecule has 8 nitrogen and oxygen atoms in total. The second-order valence-corrected chi connectivity index (χ2v) is 6.54. The number of carbonyl (C=O) groups excluding carboxylic acids is 1. The van der Waals surface area contributed by atoms with E-state index in [2.05, 4.69) is 20.4 Å². The van der Waals surface area contributed by atoms with E-state index in [-0.39, 0.29) is 17.4 Å². The quantitative estimate of drug-likeness (QED) is 0.545. The summed E-state index contributed by atoms with van der Waals surface area (Å²) in [4.78, 5) is 31.9. The molecular formula is C21H19N5O3. The molecule has 4 aromatic rings. The molecule has 0 unspecified atom stereocenters. The van der Waals surface area contributed by atoms with Gasteiger partial charge in [-0.2, -0.15) is 9.78 Å². The zero-order valence-electron chi connectivity index (χ0n) is 16.0. The van der Waals surface area contributed by atoms with Crippen molar-refractivity contribution in [3.63, 3.8) is 0 Å². The average Bonchev–Trinajstić information content (AvgIpc) is 3.38. The van der Waals surface area contributed by atoms with Crippen LogP contribution >= 0.6 is 0 Å². The number of nitrogens with zero attached hydrogens (tertiary/aromatic N) is 3. The summed E-state index contributed by atoms with van der Waals surface area (Å²) in [6.45, 7) is 3.86. The minimum atomic E-state index is -0.300. The lowest BCUT2D eigenvalue weighted by Crippen LogP contribution is -2.19. The summed E-state index contributed by atoms with van der Waals surface area (Å²) in [5, 5.41) is 7.32. The van der Waals surface area contributed by atoms with Crippen LogP contribution in [0.25, 0.3) is 17.4 Å². The number of anilines is 1. The third kappa shape index (κ3) is 3.86. The van der Waals surface area contributed by atoms with Crippen molar-refractivity contribution in [3.8, 4) is 17.4 Å². The van der Waals surface area contributed by atoms with Crippen LogP contribution in [0.5, 0.6) is 0 Å². The van der Waals surface area contributed by atoms with Crippen molar-refractivity contribution < 1.29 is 9.21 Å². The highest BCUT2D eigenvalue weighted by molar-refractivity contribution is 6.04. The lowest BCUT2D eigenvalue weighted by atomic mass is 10.1. The molecule has 2 N–H and O–H groups in total. The molecule has 3 aromatic heterocycles. The van der Waals surface area contributed by atoms with Gasteiger partial charge in [0.2, 0.25) is 5.95 Å². The van der Waals surface area contributed by atoms with Crippen molar-refractivity contribution >= 4 is 11.7 Å². The summed E-state index contributed by atoms with van der Waals surface area (Å²) in [5.74, 6) is 0.805. The van der Waals surface area contributed by atoms with E-state index in [1.807, 2.05) is 26.0 Å². The van der Waals surface area contributed by atoms with Gasteiger partial charge in [0.15, 0.2) is 5.76 Å². The van der Waals surface area contributed by atoms with Gasteiger partial charge in [-0.25, -0.2) is 4.98 Å². The fourth-order valence-corrected chi connectivity index (χ4v) is 2.85. The molecule has 0 saturated carbocycles. The zero-order valence-corrected chi connectivity index (χ0v) is 16.0. The van der Waals surface area contributed by atoms with E-state index >= 15 is 0 Å². The number of H-pyrrole nitrogens is 1. The minimum Gasteiger partial charge on any atom is -0.463 e. The molecule has 1 aromatic carbocycles. The molecule has 29 heavy (non-hydrogen) atoms. The monoisotopic (exact) mass is 389 g/mol. The molecule has 0 bridgehead atoms. The predicted molar refractivity (Wildman–Crippen MR) is 108 cm³/mol. The Morgan fingerprint density at radius 1 is 1.21 bits per heavy atom. The number of nitrogens with one attached hydrogen (secondary N) is 2. The number of rotatable bonds is 5. The molecular weight excluding hydrogens is 370 g/mol. The Morgan fingerprint density at radius 3 is 2.69 bits per heavy atom. The van der Waals surface area contributed by atoms with Crippen LogP contribution in [0.4, 0.5) is 5.82 Å². The van der Waals surface area contributed by atoms with Gasteiger partial charge < -0.3 is 9.73 Å². The predicted octanol–water partition coefficient (Wildman–Crippen LogP) is 3.34. The van der Waals surface area contributed by atoms with Gasteiger partial charge in [-0.3, -0.25) is 14.6 Å². The number of benzene rings is 1. The van der Waals surface area contributed by atoms with Crippen LogP contribution in [0, 0.1) is 6.92 Å². The number of carbonyl (C=O) groups is 1. The number of amides is 1. The van der Waals surface area contributed by atoms with Gasteiger partial charge in [-0.15, -0.1) is 0 Å². The maximum atomic E-state index is 12.7. The lowest BCUT2D eigenvalue weighted by Gasteiger charge is -2.09. The van der Waals surface area contributed by atoms with Gasteiger partial charge in [0.1, 0.15) is 11.5 Å². The number of hydrogen-bond donors (Lipinski definition) is 2. The average molecular weight is 389 g/mol. The molecule has 4 rings (SSSR count). The summed E-state index contributed by atoms with van der Waals surface area (Å²) >= 11 is 0. The first kappa shape index (κ1) is 18.4. The summed E-state index contributed by atoms with van der Waals surface area (Å²) in [6.07, 6.45) is 2.13. The van der Waals surface area contributed by atoms with E-state index in [0.29, 0.717) is 35.0 Å². The minimum absolute atomic E-state index is 0.214. The second-order valence-electron chi connectivity index (χ2n) is 6.54. The molecule has 0 atom stereocenters. The molecule has 0 fully saturated rings. The van der Waals surface area contributed by atoms with Crippen molar-refractivity contribution in [3.05, 3.63) is 82.0 Å². The van der Waals surface area contributed by atoms with Crippen LogP contribution in [0.3, 0.4) is 0 Å². The Labute approximate surface area is 166 Å². The van der Waals surface area contributed by atoms with E-state index in [0.717, 1.165) is 5.56 Å². The Balaban J connectivity index is 1.77. The van der Waals surface area contributed by atoms with Crippen LogP contribution in [-0.2, 0) is 6.42 Å². The Morgan fingerprint density at radius 2 is 2.00 bits per heavy atom. The molecule has 0 spiro atoms. The van der Waals surface area contributed by atoms with Gasteiger partial charge in [-0.1, -0.05) is 24.6 Å². The molecule has 0 aliphatic heterocycles. The molecule has 0 saturated heterocycles. The first-order chi connectivity index (χ1) is 14.0. The van der Waals surface area contributed by atoms with Gasteiger partial charge in [0, 0.05) is 23.4 Å². The summed E-state index contributed by atoms with van der Waals surface area (Å²) in [6, 6.07) is 13.8. The molecule has 1 amide bonds. The molecule has 0 radical (unpaired) electrons. The summed E-state index contributed by atoms with van der Waals surface area (Å²) in [5.41, 5.74) is 2.39. The number of hydrogen-bond acceptors (Lipinski definition) is 5. The fraction of sp³-hybridized carbons (Fsp3) is 0.143. The summed E-state index contributed by atoms with van der Waals surface area (Å²) < 4.78 is 6.81. The molecule has 8 heteroatoms. The zero-order chi connectivity index (χ0) is 20.4. The van der Waals surface area contributed by atoms with Crippen molar-refractivity contribution in [1.82, 2.24) is 19.7 Å². The van der Waals surface area contributed by atoms with Gasteiger partial charge in [0.05, 0.1) is 6.26 Å². The molecule has 146 valence electrons. The number of aromatic nitrogens is 4. The molecule has 0 aliphatic rings. The van der Waals surface area contributed by atoms with E-state index in [1.165, 1.54) is 17.0 Å². The van der Waals surface area contributed by atoms with Crippen molar-refractivity contribution in [2.75, 3.05) is 5.32 Å². The van der Waals surface area contributed by atoms with Crippen molar-refractivity contribution in [1.29, 1.82) is 0 Å². The lowest BCUT2D eigenvalue weighted by molar-refractivity contribution is 0.102. The second kappa shape index (κ2) is 7.59. The summed E-state index contributed by atoms with van der Waals surface area (Å²) in [7, 11) is 0. The number of aromatic amines is 1. The Bertz CT molecular complexity index is 1200. The van der Waals surface area contributed by atoms with E-state index < -0.39 is 0 Å². The van der Waals surface area contributed by atoms with Crippen LogP contribution in [0.15, 0.2) is 64.0 Å². The Hall–Kier alpha value is -3.94. The standard InChI is InChI=1S/C21H19N5O3/c1-3-15-11-19(27)24-21(22-15)26-18(12-16(25-26)17-5-4-10-29-17)23-20(28)14-8-6-13(2)7-9-14/h4-12H,3H2,1-2H3,(H,23,28)(H,22,24,27). The molecule has 3 heterocycles. The van der Waals surface area contributed by atoms with Gasteiger partial charge >= 0.3 is 0 Å². The van der Waals surface area contributed by atoms with Crippen LogP contribution in [-0.4, -0.2) is 25.7 Å². The van der Waals surface area contributed by atoms with Gasteiger partial charge in [-0.05, 0) is 37.6 Å². The Kier molecular flexibility index (Phi) is 4.82. The van der Waals surface area contributed by atoms with Crippen LogP contribution < -0.4 is 10.9 Å². The highest BCUT2D eigenvalue weighted by Crippen LogP contribution is 2.24. The maximum Gasteiger partial charge on any atom is 0.256 e. The fourth-order valence-electron chi connectivity index (χ4n) is 2.85. The van der Waals surface area contributed by atoms with Gasteiger partial charge in [0.25, 0.3) is 11.5 Å². The maximum absolute atomic E-state index is 12.7. The number of furan rings is 1. The van der Waals surface area contributed by atoms with E-state index in [9.17, 15) is 9.59 Å². The van der Waals surface area contributed by atoms with E-state index in [4.69, 9.17) is 4.42 Å². The number of aryl methyl sites for hydroxylation is 2. The first-order valence-corrected chi connectivity index (χ1v) is 9.16. The highest BCUT2D eigenvalue weighted by atomic mass is 16.3. The topological polar surface area (TPSA) is 106 Å². The normalized spacial score (nSPS) is 10.8. The van der Waals surface area contributed by atoms with E-state index in [1.54, 1.807) is 30.3 Å². The largest absolute Gasteiger partial charge is 0.463 e. The smallest absolute Gasteiger partial charge is 0.256 e. The third-order valence-electron chi connectivity index (χ3n) is 4.38. The highest BCUT2D eigenvalue weighted by Gasteiger charge is 2.17. The first-order valence-electron chi connectivity index (χ1n) is 9.16. The SMILES string of the molecule is CCc1cc(=O)[nH]c(-n2nc(-c3ccco3)cc2NC(=O)c2ccc(C)cc2)n1. The van der Waals surface area contributed by atoms with Crippen LogP contribution in [0.1, 0.15) is 28.5 Å². The van der Waals surface area contributed by atoms with Crippen molar-refractivity contribution in [2.45, 2.75) is 20.3 Å².